The second-order valence-electron chi connectivity index (χ2n) is 3.95. The molecule has 2 rings (SSSR count). The van der Waals surface area contributed by atoms with E-state index in [2.05, 4.69) is 15.6 Å². The van der Waals surface area contributed by atoms with Crippen LogP contribution >= 0.6 is 11.3 Å². The van der Waals surface area contributed by atoms with Crippen LogP contribution in [0.5, 0.6) is 0 Å². The molecule has 2 N–H and O–H groups in total. The third kappa shape index (κ3) is 3.00. The number of nitrogens with zero attached hydrogens (tertiary/aromatic N) is 2. The summed E-state index contributed by atoms with van der Waals surface area (Å²) in [5.41, 5.74) is 1.15. The van der Waals surface area contributed by atoms with E-state index in [0.717, 1.165) is 4.88 Å². The third-order valence-corrected chi connectivity index (χ3v) is 3.73. The van der Waals surface area contributed by atoms with Crippen molar-refractivity contribution in [2.24, 2.45) is 0 Å². The molecule has 0 saturated heterocycles. The fourth-order valence-corrected chi connectivity index (χ4v) is 2.46. The number of rotatable bonds is 5. The van der Waals surface area contributed by atoms with E-state index in [9.17, 15) is 10.1 Å². The quantitative estimate of drug-likeness (QED) is 0.649. The van der Waals surface area contributed by atoms with E-state index >= 15 is 0 Å². The predicted molar refractivity (Wildman–Crippen MR) is 76.8 cm³/mol. The molecule has 2 heterocycles. The van der Waals surface area contributed by atoms with Crippen molar-refractivity contribution in [3.8, 4) is 0 Å². The van der Waals surface area contributed by atoms with Gasteiger partial charge in [-0.25, -0.2) is 4.98 Å². The highest BCUT2D eigenvalue weighted by molar-refractivity contribution is 7.10. The van der Waals surface area contributed by atoms with E-state index in [-0.39, 0.29) is 11.5 Å². The van der Waals surface area contributed by atoms with Gasteiger partial charge in [0.1, 0.15) is 5.82 Å². The molecular formula is C12H14N4O2S. The number of thiophene rings is 1. The van der Waals surface area contributed by atoms with Crippen LogP contribution in [0.3, 0.4) is 0 Å². The second kappa shape index (κ2) is 5.66. The van der Waals surface area contributed by atoms with Gasteiger partial charge in [0.2, 0.25) is 5.82 Å². The molecular weight excluding hydrogens is 264 g/mol. The summed E-state index contributed by atoms with van der Waals surface area (Å²) >= 11 is 1.62. The lowest BCUT2D eigenvalue weighted by molar-refractivity contribution is -0.384. The van der Waals surface area contributed by atoms with Crippen LogP contribution in [0.1, 0.15) is 10.4 Å². The number of pyridine rings is 1. The first-order valence-electron chi connectivity index (χ1n) is 5.72. The Labute approximate surface area is 114 Å². The Bertz CT molecular complexity index is 597. The highest BCUT2D eigenvalue weighted by Crippen LogP contribution is 2.25. The number of nitrogens with one attached hydrogen (secondary N) is 2. The minimum atomic E-state index is -0.434. The van der Waals surface area contributed by atoms with E-state index in [4.69, 9.17) is 0 Å². The van der Waals surface area contributed by atoms with E-state index in [1.807, 2.05) is 18.4 Å². The van der Waals surface area contributed by atoms with Gasteiger partial charge in [0.15, 0.2) is 0 Å². The van der Waals surface area contributed by atoms with Gasteiger partial charge in [-0.05, 0) is 30.0 Å². The van der Waals surface area contributed by atoms with E-state index in [0.29, 0.717) is 12.4 Å². The van der Waals surface area contributed by atoms with Gasteiger partial charge in [0.25, 0.3) is 0 Å². The molecule has 2 aromatic heterocycles. The smallest absolute Gasteiger partial charge is 0.311 e. The lowest BCUT2D eigenvalue weighted by Gasteiger charge is -2.07. The van der Waals surface area contributed by atoms with Crippen molar-refractivity contribution in [1.82, 2.24) is 4.98 Å². The van der Waals surface area contributed by atoms with Crippen molar-refractivity contribution >= 4 is 28.7 Å². The maximum Gasteiger partial charge on any atom is 0.311 e. The topological polar surface area (TPSA) is 80.1 Å². The molecule has 0 fully saturated rings. The second-order valence-corrected chi connectivity index (χ2v) is 4.95. The summed E-state index contributed by atoms with van der Waals surface area (Å²) in [6.45, 7) is 2.55. The zero-order valence-corrected chi connectivity index (χ0v) is 11.5. The molecule has 0 amide bonds. The Hall–Kier alpha value is -2.15. The van der Waals surface area contributed by atoms with Gasteiger partial charge in [0.05, 0.1) is 11.5 Å². The molecule has 0 radical (unpaired) electrons. The molecule has 7 heteroatoms. The monoisotopic (exact) mass is 278 g/mol. The van der Waals surface area contributed by atoms with Crippen LogP contribution in [0.2, 0.25) is 0 Å². The van der Waals surface area contributed by atoms with Crippen molar-refractivity contribution in [2.45, 2.75) is 13.5 Å². The number of nitro groups is 1. The highest BCUT2D eigenvalue weighted by Gasteiger charge is 2.15. The van der Waals surface area contributed by atoms with Crippen molar-refractivity contribution < 1.29 is 4.92 Å². The lowest BCUT2D eigenvalue weighted by Crippen LogP contribution is -2.06. The normalized spacial score (nSPS) is 10.2. The Morgan fingerprint density at radius 1 is 1.42 bits per heavy atom. The summed E-state index contributed by atoms with van der Waals surface area (Å²) in [5, 5.41) is 18.9. The zero-order chi connectivity index (χ0) is 13.8. The number of hydrogen-bond acceptors (Lipinski definition) is 6. The molecule has 2 aromatic rings. The van der Waals surface area contributed by atoms with Gasteiger partial charge in [-0.15, -0.1) is 11.3 Å². The van der Waals surface area contributed by atoms with Gasteiger partial charge in [0, 0.05) is 18.0 Å². The van der Waals surface area contributed by atoms with Crippen molar-refractivity contribution in [3.05, 3.63) is 44.1 Å². The van der Waals surface area contributed by atoms with Gasteiger partial charge in [-0.2, -0.15) is 0 Å². The summed E-state index contributed by atoms with van der Waals surface area (Å²) in [7, 11) is 1.72. The minimum Gasteiger partial charge on any atom is -0.373 e. The van der Waals surface area contributed by atoms with Crippen LogP contribution in [0.25, 0.3) is 0 Å². The van der Waals surface area contributed by atoms with Crippen LogP contribution < -0.4 is 10.6 Å². The molecule has 0 aliphatic carbocycles. The summed E-state index contributed by atoms with van der Waals surface area (Å²) in [4.78, 5) is 15.8. The van der Waals surface area contributed by atoms with Crippen LogP contribution in [0.15, 0.2) is 23.6 Å². The average molecular weight is 278 g/mol. The Balaban J connectivity index is 2.22. The number of aryl methyl sites for hydroxylation is 1. The first-order valence-corrected chi connectivity index (χ1v) is 6.60. The molecule has 0 aliphatic rings. The molecule has 0 aliphatic heterocycles. The number of anilines is 2. The molecule has 0 bridgehead atoms. The molecule has 6 nitrogen and oxygen atoms in total. The molecule has 0 aromatic carbocycles. The lowest BCUT2D eigenvalue weighted by atomic mass is 10.3. The van der Waals surface area contributed by atoms with E-state index in [1.54, 1.807) is 24.5 Å². The summed E-state index contributed by atoms with van der Waals surface area (Å²) in [5.74, 6) is 0.876. The van der Waals surface area contributed by atoms with Gasteiger partial charge in [-0.3, -0.25) is 10.1 Å². The van der Waals surface area contributed by atoms with Crippen LogP contribution in [0, 0.1) is 17.0 Å². The van der Waals surface area contributed by atoms with Crippen LogP contribution in [-0.4, -0.2) is 17.0 Å². The van der Waals surface area contributed by atoms with Crippen LogP contribution in [0.4, 0.5) is 17.3 Å². The Kier molecular flexibility index (Phi) is 3.96. The van der Waals surface area contributed by atoms with Crippen LogP contribution in [-0.2, 0) is 6.54 Å². The van der Waals surface area contributed by atoms with Crippen molar-refractivity contribution in [3.63, 3.8) is 0 Å². The van der Waals surface area contributed by atoms with E-state index in [1.165, 1.54) is 11.6 Å². The molecule has 0 spiro atoms. The third-order valence-electron chi connectivity index (χ3n) is 2.71. The number of aromatic nitrogens is 1. The Morgan fingerprint density at radius 2 is 2.21 bits per heavy atom. The summed E-state index contributed by atoms with van der Waals surface area (Å²) in [6.07, 6.45) is 0. The highest BCUT2D eigenvalue weighted by atomic mass is 32.1. The molecule has 0 unspecified atom stereocenters. The molecule has 100 valence electrons. The van der Waals surface area contributed by atoms with E-state index < -0.39 is 4.92 Å². The minimum absolute atomic E-state index is 0.0202. The maximum absolute atomic E-state index is 11.0. The van der Waals surface area contributed by atoms with Gasteiger partial charge >= 0.3 is 5.69 Å². The van der Waals surface area contributed by atoms with Crippen molar-refractivity contribution in [1.29, 1.82) is 0 Å². The Morgan fingerprint density at radius 3 is 2.79 bits per heavy atom. The average Bonchev–Trinajstić information content (AvgIpc) is 2.81. The fourth-order valence-electron chi connectivity index (χ4n) is 1.62. The fraction of sp³-hybridized carbons (Fsp3) is 0.250. The molecule has 0 atom stereocenters. The SMILES string of the molecule is CNc1ccc([N+](=O)[O-])c(NCc2sccc2C)n1. The number of hydrogen-bond donors (Lipinski definition) is 2. The zero-order valence-electron chi connectivity index (χ0n) is 10.6. The maximum atomic E-state index is 11.0. The first kappa shape index (κ1) is 13.3. The first-order chi connectivity index (χ1) is 9.11. The molecule has 0 saturated carbocycles. The van der Waals surface area contributed by atoms with Crippen molar-refractivity contribution in [2.75, 3.05) is 17.7 Å². The predicted octanol–water partition coefficient (Wildman–Crippen LogP) is 3.01. The van der Waals surface area contributed by atoms with Gasteiger partial charge in [-0.1, -0.05) is 0 Å². The van der Waals surface area contributed by atoms with Gasteiger partial charge < -0.3 is 10.6 Å². The summed E-state index contributed by atoms with van der Waals surface area (Å²) < 4.78 is 0. The standard InChI is InChI=1S/C12H14N4O2S/c1-8-5-6-19-10(8)7-14-12-9(16(17)18)3-4-11(13-2)15-12/h3-6H,7H2,1-2H3,(H2,13,14,15). The molecule has 19 heavy (non-hydrogen) atoms. The summed E-state index contributed by atoms with van der Waals surface area (Å²) in [6, 6.07) is 5.05. The largest absolute Gasteiger partial charge is 0.373 e.